The maximum absolute atomic E-state index is 16.4. The Morgan fingerprint density at radius 1 is 0.895 bits per heavy atom. The van der Waals surface area contributed by atoms with Gasteiger partial charge in [-0.15, -0.1) is 0 Å². The van der Waals surface area contributed by atoms with Crippen molar-refractivity contribution in [3.63, 3.8) is 0 Å². The van der Waals surface area contributed by atoms with Crippen LogP contribution in [0.15, 0.2) is 82.6 Å². The molecule has 1 aliphatic rings. The fourth-order valence-electron chi connectivity index (χ4n) is 4.77. The molecule has 3 aromatic carbocycles. The summed E-state index contributed by atoms with van der Waals surface area (Å²) in [5.41, 5.74) is -5.77. The molecule has 0 saturated carbocycles. The van der Waals surface area contributed by atoms with Gasteiger partial charge in [0.05, 0.1) is 11.3 Å². The lowest BCUT2D eigenvalue weighted by atomic mass is 9.90. The Labute approximate surface area is 211 Å². The van der Waals surface area contributed by atoms with E-state index in [2.05, 4.69) is 0 Å². The molecule has 5 rings (SSSR count). The number of benzene rings is 3. The molecule has 1 aromatic heterocycles. The smallest absolute Gasteiger partial charge is 0.416 e. The average Bonchev–Trinajstić information content (AvgIpc) is 3.15. The van der Waals surface area contributed by atoms with Gasteiger partial charge in [-0.25, -0.2) is 13.2 Å². The number of aliphatic carboxylic acids is 1. The molecule has 4 aromatic rings. The van der Waals surface area contributed by atoms with E-state index in [1.54, 1.807) is 18.2 Å². The maximum atomic E-state index is 16.4. The van der Waals surface area contributed by atoms with Crippen molar-refractivity contribution in [2.75, 3.05) is 5.75 Å². The van der Waals surface area contributed by atoms with Gasteiger partial charge in [0.25, 0.3) is 11.5 Å². The van der Waals surface area contributed by atoms with Crippen LogP contribution in [0.4, 0.5) is 22.0 Å². The van der Waals surface area contributed by atoms with E-state index < -0.39 is 78.1 Å². The zero-order valence-corrected chi connectivity index (χ0v) is 19.9. The van der Waals surface area contributed by atoms with Crippen molar-refractivity contribution in [1.29, 1.82) is 0 Å². The van der Waals surface area contributed by atoms with Gasteiger partial charge < -0.3 is 5.11 Å². The first-order valence-corrected chi connectivity index (χ1v) is 12.7. The van der Waals surface area contributed by atoms with E-state index in [1.807, 2.05) is 0 Å². The number of nitrogens with zero attached hydrogens (tertiary/aromatic N) is 1. The van der Waals surface area contributed by atoms with Gasteiger partial charge >= 0.3 is 12.1 Å². The fourth-order valence-corrected chi connectivity index (χ4v) is 6.69. The van der Waals surface area contributed by atoms with Crippen LogP contribution in [0.3, 0.4) is 0 Å². The summed E-state index contributed by atoms with van der Waals surface area (Å²) in [5, 5.41) is 8.95. The van der Waals surface area contributed by atoms with E-state index >= 15 is 8.78 Å². The Balaban J connectivity index is 1.93. The lowest BCUT2D eigenvalue weighted by molar-refractivity contribution is -0.140. The molecule has 2 heterocycles. The summed E-state index contributed by atoms with van der Waals surface area (Å²) < 4.78 is 99.9. The maximum Gasteiger partial charge on any atom is 0.416 e. The number of sulfone groups is 1. The van der Waals surface area contributed by atoms with Gasteiger partial charge in [-0.05, 0) is 28.5 Å². The van der Waals surface area contributed by atoms with E-state index in [1.165, 1.54) is 18.2 Å². The topological polar surface area (TPSA) is 93.4 Å². The molecule has 6 nitrogen and oxygen atoms in total. The molecule has 196 valence electrons. The highest BCUT2D eigenvalue weighted by Gasteiger charge is 2.47. The van der Waals surface area contributed by atoms with E-state index in [0.717, 1.165) is 18.2 Å². The number of aromatic nitrogens is 1. The largest absolute Gasteiger partial charge is 0.480 e. The highest BCUT2D eigenvalue weighted by atomic mass is 32.2. The zero-order chi connectivity index (χ0) is 27.6. The number of carboxylic acid groups (broad SMARTS) is 1. The molecule has 1 N–H and O–H groups in total. The number of rotatable bonds is 4. The van der Waals surface area contributed by atoms with Gasteiger partial charge in [0.2, 0.25) is 0 Å². The van der Waals surface area contributed by atoms with Crippen molar-refractivity contribution in [2.45, 2.75) is 23.2 Å². The van der Waals surface area contributed by atoms with Crippen molar-refractivity contribution in [2.24, 2.45) is 0 Å². The molecule has 0 spiro atoms. The number of carboxylic acids is 1. The van der Waals surface area contributed by atoms with Crippen LogP contribution >= 0.6 is 0 Å². The van der Waals surface area contributed by atoms with Crippen molar-refractivity contribution in [3.8, 4) is 11.1 Å². The van der Waals surface area contributed by atoms with Crippen LogP contribution in [0, 0.1) is 0 Å². The average molecular weight is 549 g/mol. The molecule has 1 aliphatic heterocycles. The zero-order valence-electron chi connectivity index (χ0n) is 19.0. The van der Waals surface area contributed by atoms with Gasteiger partial charge in [0.15, 0.2) is 9.84 Å². The Morgan fingerprint density at radius 3 is 2.24 bits per heavy atom. The predicted octanol–water partition coefficient (Wildman–Crippen LogP) is 5.24. The Morgan fingerprint density at radius 2 is 1.55 bits per heavy atom. The quantitative estimate of drug-likeness (QED) is 0.352. The molecular formula is C26H16F5NO5S. The molecule has 12 heteroatoms. The number of hydrogen-bond acceptors (Lipinski definition) is 4. The number of fused-ring (bicyclic) bond motifs is 2. The molecule has 1 atom stereocenters. The monoisotopic (exact) mass is 549 g/mol. The third-order valence-corrected chi connectivity index (χ3v) is 8.17. The first kappa shape index (κ1) is 25.6. The summed E-state index contributed by atoms with van der Waals surface area (Å²) in [5.74, 6) is -6.90. The van der Waals surface area contributed by atoms with E-state index in [-0.39, 0.29) is 5.39 Å². The second-order valence-corrected chi connectivity index (χ2v) is 10.7. The first-order chi connectivity index (χ1) is 17.7. The number of alkyl halides is 5. The summed E-state index contributed by atoms with van der Waals surface area (Å²) >= 11 is 0. The lowest BCUT2D eigenvalue weighted by Gasteiger charge is -2.24. The molecular weight excluding hydrogens is 533 g/mol. The van der Waals surface area contributed by atoms with E-state index in [4.69, 9.17) is 0 Å². The minimum atomic E-state index is -4.90. The third-order valence-electron chi connectivity index (χ3n) is 6.42. The van der Waals surface area contributed by atoms with Gasteiger partial charge in [0, 0.05) is 22.8 Å². The highest BCUT2D eigenvalue weighted by molar-refractivity contribution is 7.91. The van der Waals surface area contributed by atoms with Gasteiger partial charge in [-0.3, -0.25) is 9.36 Å². The van der Waals surface area contributed by atoms with Gasteiger partial charge in [-0.1, -0.05) is 54.6 Å². The van der Waals surface area contributed by atoms with Gasteiger partial charge in [-0.2, -0.15) is 22.0 Å². The van der Waals surface area contributed by atoms with Crippen molar-refractivity contribution >= 4 is 26.6 Å². The molecule has 38 heavy (non-hydrogen) atoms. The second-order valence-electron chi connectivity index (χ2n) is 8.76. The van der Waals surface area contributed by atoms with Crippen LogP contribution in [0.25, 0.3) is 21.9 Å². The summed E-state index contributed by atoms with van der Waals surface area (Å²) in [6.45, 7) is 0. The summed E-state index contributed by atoms with van der Waals surface area (Å²) in [4.78, 5) is 24.8. The van der Waals surface area contributed by atoms with Crippen molar-refractivity contribution < 1.29 is 40.3 Å². The van der Waals surface area contributed by atoms with Crippen molar-refractivity contribution in [3.05, 3.63) is 99.8 Å². The summed E-state index contributed by atoms with van der Waals surface area (Å²) in [7, 11) is -4.69. The van der Waals surface area contributed by atoms with Crippen LogP contribution < -0.4 is 5.56 Å². The summed E-state index contributed by atoms with van der Waals surface area (Å²) in [6, 6.07) is 11.6. The first-order valence-electron chi connectivity index (χ1n) is 11.0. The minimum Gasteiger partial charge on any atom is -0.480 e. The van der Waals surface area contributed by atoms with Gasteiger partial charge in [0.1, 0.15) is 11.1 Å². The number of halogens is 5. The highest BCUT2D eigenvalue weighted by Crippen LogP contribution is 2.47. The molecule has 0 fully saturated rings. The Kier molecular flexibility index (Phi) is 5.71. The number of hydrogen-bond donors (Lipinski definition) is 1. The predicted molar refractivity (Wildman–Crippen MR) is 127 cm³/mol. The number of carbonyl (C=O) groups is 1. The van der Waals surface area contributed by atoms with Crippen molar-refractivity contribution in [1.82, 2.24) is 4.57 Å². The number of pyridine rings is 1. The fraction of sp³-hybridized carbons (Fsp3) is 0.154. The molecule has 0 amide bonds. The molecule has 0 saturated heterocycles. The second kappa shape index (κ2) is 8.48. The van der Waals surface area contributed by atoms with Crippen LogP contribution in [0.1, 0.15) is 22.7 Å². The van der Waals surface area contributed by atoms with Crippen LogP contribution in [-0.2, 0) is 26.7 Å². The SMILES string of the molecule is O=C(O)C1CS(=O)(=O)c2c(-c3cccc(C(F)(F)F)c3)c(C(F)(F)c3cccc4ccccc34)cc(=O)n21. The minimum absolute atomic E-state index is 0.0712. The molecule has 0 aliphatic carbocycles. The molecule has 0 bridgehead atoms. The summed E-state index contributed by atoms with van der Waals surface area (Å²) in [6.07, 6.45) is -4.90. The lowest BCUT2D eigenvalue weighted by Crippen LogP contribution is -2.31. The standard InChI is InChI=1S/C26H16F5NO5S/c27-25(28,18-10-4-6-14-5-1-2-9-17(14)18)19-12-21(33)32-20(24(34)35)13-38(36,37)23(32)22(19)15-7-3-8-16(11-15)26(29,30)31/h1-12,20H,13H2,(H,34,35). The molecule has 0 radical (unpaired) electrons. The van der Waals surface area contributed by atoms with E-state index in [0.29, 0.717) is 28.2 Å². The Hall–Kier alpha value is -4.06. The van der Waals surface area contributed by atoms with Crippen LogP contribution in [0.5, 0.6) is 0 Å². The van der Waals surface area contributed by atoms with Crippen LogP contribution in [-0.4, -0.2) is 29.8 Å². The molecule has 1 unspecified atom stereocenters. The third kappa shape index (κ3) is 3.95. The van der Waals surface area contributed by atoms with Crippen LogP contribution in [0.2, 0.25) is 0 Å². The normalized spacial score (nSPS) is 16.9. The van der Waals surface area contributed by atoms with E-state index in [9.17, 15) is 36.3 Å². The Bertz CT molecular complexity index is 1790.